The van der Waals surface area contributed by atoms with Crippen LogP contribution in [0.25, 0.3) is 0 Å². The molecule has 4 nitrogen and oxygen atoms in total. The van der Waals surface area contributed by atoms with Gasteiger partial charge in [0.25, 0.3) is 5.91 Å². The molecule has 19 heavy (non-hydrogen) atoms. The molecule has 0 radical (unpaired) electrons. The van der Waals surface area contributed by atoms with Crippen molar-refractivity contribution in [1.82, 2.24) is 10.3 Å². The number of carbonyl (C=O) groups excluding carboxylic acids is 1. The smallest absolute Gasteiger partial charge is 0.252 e. The van der Waals surface area contributed by atoms with E-state index >= 15 is 0 Å². The van der Waals surface area contributed by atoms with E-state index in [4.69, 9.17) is 5.11 Å². The largest absolute Gasteiger partial charge is 0.384 e. The van der Waals surface area contributed by atoms with Crippen LogP contribution in [0.15, 0.2) is 18.5 Å². The average molecular weight is 278 g/mol. The fourth-order valence-corrected chi connectivity index (χ4v) is 1.99. The van der Waals surface area contributed by atoms with E-state index in [-0.39, 0.29) is 12.5 Å². The normalized spacial score (nSPS) is 9.58. The number of nitrogens with one attached hydrogen (secondary N) is 1. The van der Waals surface area contributed by atoms with E-state index in [1.807, 2.05) is 0 Å². The third kappa shape index (κ3) is 5.77. The number of aromatic nitrogens is 1. The summed E-state index contributed by atoms with van der Waals surface area (Å²) in [6.45, 7) is 0.430. The average Bonchev–Trinajstić information content (AvgIpc) is 2.45. The SMILES string of the molecule is CSCCCCNC(=O)c1ccncc1C#CCO. The first-order valence-electron chi connectivity index (χ1n) is 6.10. The molecule has 2 N–H and O–H groups in total. The fraction of sp³-hybridized carbons (Fsp3) is 0.429. The van der Waals surface area contributed by atoms with Gasteiger partial charge < -0.3 is 10.4 Å². The Bertz CT molecular complexity index is 466. The monoisotopic (exact) mass is 278 g/mol. The predicted octanol–water partition coefficient (Wildman–Crippen LogP) is 1.30. The Hall–Kier alpha value is -1.51. The number of aliphatic hydroxyl groups is 1. The van der Waals surface area contributed by atoms with Gasteiger partial charge in [0.15, 0.2) is 0 Å². The van der Waals surface area contributed by atoms with Crippen molar-refractivity contribution in [2.24, 2.45) is 0 Å². The highest BCUT2D eigenvalue weighted by molar-refractivity contribution is 7.98. The van der Waals surface area contributed by atoms with Crippen LogP contribution in [0.3, 0.4) is 0 Å². The molecule has 0 aliphatic rings. The third-order valence-corrected chi connectivity index (χ3v) is 3.13. The lowest BCUT2D eigenvalue weighted by atomic mass is 10.1. The highest BCUT2D eigenvalue weighted by atomic mass is 32.2. The van der Waals surface area contributed by atoms with Crippen molar-refractivity contribution in [3.05, 3.63) is 29.6 Å². The van der Waals surface area contributed by atoms with Crippen molar-refractivity contribution in [1.29, 1.82) is 0 Å². The Morgan fingerprint density at radius 1 is 1.53 bits per heavy atom. The van der Waals surface area contributed by atoms with E-state index < -0.39 is 0 Å². The maximum atomic E-state index is 12.0. The second-order valence-electron chi connectivity index (χ2n) is 3.84. The van der Waals surface area contributed by atoms with Crippen LogP contribution >= 0.6 is 11.8 Å². The second-order valence-corrected chi connectivity index (χ2v) is 4.82. The molecule has 1 rings (SSSR count). The van der Waals surface area contributed by atoms with Gasteiger partial charge in [-0.05, 0) is 30.9 Å². The molecule has 5 heteroatoms. The van der Waals surface area contributed by atoms with E-state index in [0.29, 0.717) is 17.7 Å². The number of pyridine rings is 1. The summed E-state index contributed by atoms with van der Waals surface area (Å²) >= 11 is 1.81. The van der Waals surface area contributed by atoms with E-state index in [1.54, 1.807) is 24.0 Å². The summed E-state index contributed by atoms with van der Waals surface area (Å²) in [5.74, 6) is 6.22. The van der Waals surface area contributed by atoms with Crippen molar-refractivity contribution < 1.29 is 9.90 Å². The number of aliphatic hydroxyl groups excluding tert-OH is 1. The van der Waals surface area contributed by atoms with E-state index in [9.17, 15) is 4.79 Å². The summed E-state index contributed by atoms with van der Waals surface area (Å²) in [4.78, 5) is 15.9. The minimum atomic E-state index is -0.232. The van der Waals surface area contributed by atoms with Gasteiger partial charge in [0, 0.05) is 18.9 Å². The van der Waals surface area contributed by atoms with Crippen LogP contribution in [0.2, 0.25) is 0 Å². The number of nitrogens with zero attached hydrogens (tertiary/aromatic N) is 1. The first-order valence-corrected chi connectivity index (χ1v) is 7.50. The Labute approximate surface area is 118 Å². The zero-order valence-electron chi connectivity index (χ0n) is 11.0. The Morgan fingerprint density at radius 3 is 3.11 bits per heavy atom. The quantitative estimate of drug-likeness (QED) is 0.608. The van der Waals surface area contributed by atoms with Gasteiger partial charge >= 0.3 is 0 Å². The lowest BCUT2D eigenvalue weighted by Gasteiger charge is -2.06. The number of rotatable bonds is 6. The summed E-state index contributed by atoms with van der Waals surface area (Å²) in [6.07, 6.45) is 7.23. The maximum Gasteiger partial charge on any atom is 0.252 e. The highest BCUT2D eigenvalue weighted by Crippen LogP contribution is 2.05. The Balaban J connectivity index is 2.56. The van der Waals surface area contributed by atoms with Gasteiger partial charge in [-0.25, -0.2) is 0 Å². The molecule has 1 amide bonds. The molecule has 0 fully saturated rings. The predicted molar refractivity (Wildman–Crippen MR) is 78.2 cm³/mol. The number of thioether (sulfide) groups is 1. The topological polar surface area (TPSA) is 62.2 Å². The first-order chi connectivity index (χ1) is 9.29. The number of amides is 1. The molecule has 0 aromatic carbocycles. The molecule has 0 saturated carbocycles. The van der Waals surface area contributed by atoms with Gasteiger partial charge in [-0.15, -0.1) is 0 Å². The molecule has 1 aromatic rings. The summed E-state index contributed by atoms with van der Waals surface area (Å²) in [6, 6.07) is 1.64. The minimum Gasteiger partial charge on any atom is -0.384 e. The van der Waals surface area contributed by atoms with Crippen LogP contribution < -0.4 is 5.32 Å². The Morgan fingerprint density at radius 2 is 2.37 bits per heavy atom. The van der Waals surface area contributed by atoms with Crippen LogP contribution in [0.1, 0.15) is 28.8 Å². The molecule has 1 heterocycles. The van der Waals surface area contributed by atoms with Crippen LogP contribution in [-0.4, -0.2) is 41.2 Å². The molecule has 0 spiro atoms. The van der Waals surface area contributed by atoms with E-state index in [1.165, 1.54) is 6.20 Å². The lowest BCUT2D eigenvalue weighted by molar-refractivity contribution is 0.0953. The second kappa shape index (κ2) is 9.42. The van der Waals surface area contributed by atoms with Gasteiger partial charge in [-0.2, -0.15) is 11.8 Å². The maximum absolute atomic E-state index is 12.0. The van der Waals surface area contributed by atoms with Crippen LogP contribution in [0.5, 0.6) is 0 Å². The molecule has 0 aliphatic carbocycles. The molecular formula is C14H18N2O2S. The molecule has 102 valence electrons. The zero-order valence-corrected chi connectivity index (χ0v) is 11.8. The van der Waals surface area contributed by atoms with Crippen molar-refractivity contribution in [3.63, 3.8) is 0 Å². The summed E-state index contributed by atoms with van der Waals surface area (Å²) in [5.41, 5.74) is 1.04. The van der Waals surface area contributed by atoms with Crippen LogP contribution in [0.4, 0.5) is 0 Å². The summed E-state index contributed by atoms with van der Waals surface area (Å²) < 4.78 is 0. The fourth-order valence-electron chi connectivity index (χ4n) is 1.50. The number of carbonyl (C=O) groups is 1. The van der Waals surface area contributed by atoms with Crippen molar-refractivity contribution in [3.8, 4) is 11.8 Å². The van der Waals surface area contributed by atoms with Crippen molar-refractivity contribution in [2.75, 3.05) is 25.2 Å². The van der Waals surface area contributed by atoms with Gasteiger partial charge in [0.1, 0.15) is 6.61 Å². The molecule has 1 aromatic heterocycles. The number of unbranched alkanes of at least 4 members (excludes halogenated alkanes) is 1. The molecule has 0 unspecified atom stereocenters. The highest BCUT2D eigenvalue weighted by Gasteiger charge is 2.08. The van der Waals surface area contributed by atoms with E-state index in [0.717, 1.165) is 18.6 Å². The Kier molecular flexibility index (Phi) is 7.71. The van der Waals surface area contributed by atoms with E-state index in [2.05, 4.69) is 28.4 Å². The zero-order chi connectivity index (χ0) is 13.9. The van der Waals surface area contributed by atoms with Gasteiger partial charge in [0.05, 0.1) is 11.1 Å². The van der Waals surface area contributed by atoms with Crippen molar-refractivity contribution >= 4 is 17.7 Å². The van der Waals surface area contributed by atoms with Gasteiger partial charge in [-0.3, -0.25) is 9.78 Å². The van der Waals surface area contributed by atoms with Crippen LogP contribution in [0, 0.1) is 11.8 Å². The summed E-state index contributed by atoms with van der Waals surface area (Å²) in [5, 5.41) is 11.6. The molecule has 0 bridgehead atoms. The lowest BCUT2D eigenvalue weighted by Crippen LogP contribution is -2.25. The molecule has 0 aliphatic heterocycles. The molecule has 0 atom stereocenters. The standard InChI is InChI=1S/C14H18N2O2S/c1-19-10-3-2-7-16-14(18)13-6-8-15-11-12(13)5-4-9-17/h6,8,11,17H,2-3,7,9-10H2,1H3,(H,16,18). The van der Waals surface area contributed by atoms with Gasteiger partial charge in [-0.1, -0.05) is 11.8 Å². The van der Waals surface area contributed by atoms with Crippen molar-refractivity contribution in [2.45, 2.75) is 12.8 Å². The number of hydrogen-bond acceptors (Lipinski definition) is 4. The summed E-state index contributed by atoms with van der Waals surface area (Å²) in [7, 11) is 0. The number of hydrogen-bond donors (Lipinski definition) is 2. The molecule has 0 saturated heterocycles. The molecular weight excluding hydrogens is 260 g/mol. The van der Waals surface area contributed by atoms with Gasteiger partial charge in [0.2, 0.25) is 0 Å². The minimum absolute atomic E-state index is 0.145. The third-order valence-electron chi connectivity index (χ3n) is 2.43. The first kappa shape index (κ1) is 15.5. The van der Waals surface area contributed by atoms with Crippen LogP contribution in [-0.2, 0) is 0 Å².